The normalized spacial score (nSPS) is 14.6. The zero-order valence-corrected chi connectivity index (χ0v) is 26.7. The van der Waals surface area contributed by atoms with Crippen molar-refractivity contribution < 1.29 is 23.7 Å². The number of methoxy groups -OCH3 is 1. The van der Waals surface area contributed by atoms with Gasteiger partial charge in [0.25, 0.3) is 5.56 Å². The first kappa shape index (κ1) is 30.3. The summed E-state index contributed by atoms with van der Waals surface area (Å²) in [7, 11) is 1.59. The predicted molar refractivity (Wildman–Crippen MR) is 169 cm³/mol. The van der Waals surface area contributed by atoms with Gasteiger partial charge in [0, 0.05) is 4.47 Å². The molecule has 0 amide bonds. The second-order valence-corrected chi connectivity index (χ2v) is 11.5. The summed E-state index contributed by atoms with van der Waals surface area (Å²) in [6.07, 6.45) is 1.80. The fraction of sp³-hybridized carbons (Fsp3) is 0.242. The Hall–Kier alpha value is -4.15. The lowest BCUT2D eigenvalue weighted by Gasteiger charge is -2.24. The van der Waals surface area contributed by atoms with Gasteiger partial charge < -0.3 is 18.9 Å². The Labute approximate surface area is 261 Å². The van der Waals surface area contributed by atoms with Gasteiger partial charge in [-0.1, -0.05) is 69.7 Å². The number of aromatic nitrogens is 1. The van der Waals surface area contributed by atoms with Crippen LogP contribution in [0.4, 0.5) is 0 Å². The van der Waals surface area contributed by atoms with Crippen LogP contribution in [0.3, 0.4) is 0 Å². The highest BCUT2D eigenvalue weighted by atomic mass is 79.9. The van der Waals surface area contributed by atoms with Crippen molar-refractivity contribution in [2.45, 2.75) is 33.4 Å². The summed E-state index contributed by atoms with van der Waals surface area (Å²) in [4.78, 5) is 32.3. The van der Waals surface area contributed by atoms with Crippen LogP contribution in [0.15, 0.2) is 92.3 Å². The van der Waals surface area contributed by atoms with Crippen molar-refractivity contribution in [1.82, 2.24) is 4.57 Å². The molecule has 0 saturated heterocycles. The fourth-order valence-electron chi connectivity index (χ4n) is 4.81. The molecular formula is C33H31BrN2O6S. The third-order valence-electron chi connectivity index (χ3n) is 6.84. The average Bonchev–Trinajstić information content (AvgIpc) is 3.31. The van der Waals surface area contributed by atoms with Gasteiger partial charge in [-0.3, -0.25) is 9.36 Å². The van der Waals surface area contributed by atoms with E-state index >= 15 is 0 Å². The van der Waals surface area contributed by atoms with E-state index < -0.39 is 12.0 Å². The van der Waals surface area contributed by atoms with Gasteiger partial charge in [-0.2, -0.15) is 0 Å². The Balaban J connectivity index is 1.59. The number of rotatable bonds is 10. The maximum Gasteiger partial charge on any atom is 0.338 e. The number of nitrogens with zero attached hydrogens (tertiary/aromatic N) is 2. The number of benzene rings is 3. The van der Waals surface area contributed by atoms with Crippen molar-refractivity contribution in [2.75, 3.05) is 20.3 Å². The van der Waals surface area contributed by atoms with Crippen LogP contribution in [-0.2, 0) is 16.1 Å². The molecule has 0 aliphatic carbocycles. The van der Waals surface area contributed by atoms with Crippen LogP contribution in [0, 0.1) is 0 Å². The molecule has 5 rings (SSSR count). The Morgan fingerprint density at radius 2 is 1.74 bits per heavy atom. The van der Waals surface area contributed by atoms with Crippen molar-refractivity contribution in [2.24, 2.45) is 4.99 Å². The molecule has 43 heavy (non-hydrogen) atoms. The van der Waals surface area contributed by atoms with Crippen molar-refractivity contribution in [1.29, 1.82) is 0 Å². The van der Waals surface area contributed by atoms with Crippen LogP contribution >= 0.6 is 27.3 Å². The van der Waals surface area contributed by atoms with E-state index in [1.165, 1.54) is 11.3 Å². The summed E-state index contributed by atoms with van der Waals surface area (Å²) in [5, 5.41) is 0. The number of halogens is 1. The van der Waals surface area contributed by atoms with Crippen LogP contribution in [0.5, 0.6) is 17.2 Å². The molecule has 3 aromatic carbocycles. The third kappa shape index (κ3) is 6.45. The first-order valence-electron chi connectivity index (χ1n) is 13.8. The molecule has 1 aromatic heterocycles. The largest absolute Gasteiger partial charge is 0.497 e. The zero-order valence-electron chi connectivity index (χ0n) is 24.3. The number of ether oxygens (including phenoxy) is 4. The average molecular weight is 664 g/mol. The maximum absolute atomic E-state index is 14.0. The fourth-order valence-corrected chi connectivity index (χ4v) is 6.29. The molecule has 0 bridgehead atoms. The molecule has 0 unspecified atom stereocenters. The van der Waals surface area contributed by atoms with Crippen LogP contribution in [0.1, 0.15) is 43.5 Å². The number of hydrogen-bond acceptors (Lipinski definition) is 8. The van der Waals surface area contributed by atoms with Crippen LogP contribution in [0.2, 0.25) is 0 Å². The van der Waals surface area contributed by atoms with E-state index in [0.717, 1.165) is 21.2 Å². The Bertz CT molecular complexity index is 1850. The number of carbonyl (C=O) groups excluding carboxylic acids is 1. The lowest BCUT2D eigenvalue weighted by molar-refractivity contribution is -0.139. The summed E-state index contributed by atoms with van der Waals surface area (Å²) >= 11 is 4.91. The summed E-state index contributed by atoms with van der Waals surface area (Å²) in [6.45, 7) is 6.46. The van der Waals surface area contributed by atoms with Crippen molar-refractivity contribution in [3.8, 4) is 17.2 Å². The first-order chi connectivity index (χ1) is 20.8. The van der Waals surface area contributed by atoms with Crippen molar-refractivity contribution >= 4 is 39.3 Å². The van der Waals surface area contributed by atoms with Gasteiger partial charge in [-0.15, -0.1) is 0 Å². The quantitative estimate of drug-likeness (QED) is 0.207. The summed E-state index contributed by atoms with van der Waals surface area (Å²) < 4.78 is 25.5. The smallest absolute Gasteiger partial charge is 0.338 e. The molecule has 1 aliphatic rings. The van der Waals surface area contributed by atoms with Gasteiger partial charge >= 0.3 is 5.97 Å². The minimum atomic E-state index is -0.709. The second-order valence-electron chi connectivity index (χ2n) is 9.60. The molecule has 0 saturated carbocycles. The van der Waals surface area contributed by atoms with Crippen LogP contribution in [-0.4, -0.2) is 30.9 Å². The molecule has 8 nitrogen and oxygen atoms in total. The SMILES string of the molecule is CCOC(=O)C1=C(C)N=c2s/c(=C\c3cc(OCC)c(OCc4ccccc4)cc3Br)c(=O)n2[C@@H]1c1ccc(OC)cc1. The molecule has 1 atom stereocenters. The van der Waals surface area contributed by atoms with E-state index in [4.69, 9.17) is 18.9 Å². The lowest BCUT2D eigenvalue weighted by Crippen LogP contribution is -2.39. The summed E-state index contributed by atoms with van der Waals surface area (Å²) in [5.74, 6) is 1.32. The van der Waals surface area contributed by atoms with Gasteiger partial charge in [0.1, 0.15) is 12.4 Å². The minimum absolute atomic E-state index is 0.205. The lowest BCUT2D eigenvalue weighted by atomic mass is 9.96. The second kappa shape index (κ2) is 13.4. The van der Waals surface area contributed by atoms with E-state index in [2.05, 4.69) is 20.9 Å². The number of allylic oxidation sites excluding steroid dienone is 1. The highest BCUT2D eigenvalue weighted by Crippen LogP contribution is 2.35. The maximum atomic E-state index is 14.0. The highest BCUT2D eigenvalue weighted by molar-refractivity contribution is 9.10. The molecule has 2 heterocycles. The molecule has 4 aromatic rings. The first-order valence-corrected chi connectivity index (χ1v) is 15.4. The molecule has 10 heteroatoms. The topological polar surface area (TPSA) is 88.4 Å². The number of thiazole rings is 1. The molecule has 1 aliphatic heterocycles. The van der Waals surface area contributed by atoms with Gasteiger partial charge in [0.05, 0.1) is 42.2 Å². The van der Waals surface area contributed by atoms with E-state index in [9.17, 15) is 9.59 Å². The molecule has 0 N–H and O–H groups in total. The highest BCUT2D eigenvalue weighted by Gasteiger charge is 2.33. The molecule has 222 valence electrons. The number of esters is 1. The number of hydrogen-bond donors (Lipinski definition) is 0. The molecule has 0 spiro atoms. The van der Waals surface area contributed by atoms with Crippen molar-refractivity contribution in [3.63, 3.8) is 0 Å². The number of carbonyl (C=O) groups is 1. The Morgan fingerprint density at radius 1 is 1.02 bits per heavy atom. The predicted octanol–water partition coefficient (Wildman–Crippen LogP) is 5.55. The van der Waals surface area contributed by atoms with E-state index in [1.807, 2.05) is 61.5 Å². The van der Waals surface area contributed by atoms with Gasteiger partial charge in [0.15, 0.2) is 16.3 Å². The number of fused-ring (bicyclic) bond motifs is 1. The molecule has 0 fully saturated rings. The third-order valence-corrected chi connectivity index (χ3v) is 8.50. The van der Waals surface area contributed by atoms with Gasteiger partial charge in [0.2, 0.25) is 0 Å². The summed E-state index contributed by atoms with van der Waals surface area (Å²) in [6, 6.07) is 20.2. The zero-order chi connectivity index (χ0) is 30.5. The summed E-state index contributed by atoms with van der Waals surface area (Å²) in [5.41, 5.74) is 3.08. The van der Waals surface area contributed by atoms with E-state index in [-0.39, 0.29) is 12.2 Å². The molecular weight excluding hydrogens is 632 g/mol. The standard InChI is InChI=1S/C33H31BrN2O6S/c1-5-40-26-16-23(25(34)18-27(26)42-19-21-10-8-7-9-11-21)17-28-31(37)36-30(22-12-14-24(39-4)15-13-22)29(32(38)41-6-2)20(3)35-33(36)43-28/h7-18,30H,5-6,19H2,1-4H3/b28-17-/t30-/m1/s1. The van der Waals surface area contributed by atoms with Crippen LogP contribution in [0.25, 0.3) is 6.08 Å². The minimum Gasteiger partial charge on any atom is -0.497 e. The van der Waals surface area contributed by atoms with Gasteiger partial charge in [-0.25, -0.2) is 9.79 Å². The van der Waals surface area contributed by atoms with E-state index in [1.54, 1.807) is 43.7 Å². The monoisotopic (exact) mass is 662 g/mol. The Morgan fingerprint density at radius 3 is 2.42 bits per heavy atom. The van der Waals surface area contributed by atoms with E-state index in [0.29, 0.717) is 51.1 Å². The molecule has 0 radical (unpaired) electrons. The van der Waals surface area contributed by atoms with Crippen LogP contribution < -0.4 is 29.1 Å². The van der Waals surface area contributed by atoms with Crippen molar-refractivity contribution in [3.05, 3.63) is 119 Å². The van der Waals surface area contributed by atoms with Gasteiger partial charge in [-0.05, 0) is 67.8 Å². The Kier molecular flexibility index (Phi) is 9.47.